The van der Waals surface area contributed by atoms with Gasteiger partial charge in [0.25, 0.3) is 5.91 Å². The highest BCUT2D eigenvalue weighted by atomic mass is 32.2. The number of benzene rings is 1. The summed E-state index contributed by atoms with van der Waals surface area (Å²) in [7, 11) is 0. The fourth-order valence-corrected chi connectivity index (χ4v) is 4.42. The number of carbonyl (C=O) groups excluding carboxylic acids is 1. The molecule has 2 aliphatic rings. The van der Waals surface area contributed by atoms with E-state index in [1.54, 1.807) is 11.8 Å². The van der Waals surface area contributed by atoms with Crippen LogP contribution in [0.25, 0.3) is 0 Å². The molecular formula is C20H27NO2S. The van der Waals surface area contributed by atoms with Crippen molar-refractivity contribution in [3.63, 3.8) is 0 Å². The predicted octanol–water partition coefficient (Wildman–Crippen LogP) is 4.58. The van der Waals surface area contributed by atoms with Gasteiger partial charge in [0.1, 0.15) is 0 Å². The maximum atomic E-state index is 12.5. The molecule has 1 aromatic carbocycles. The van der Waals surface area contributed by atoms with Gasteiger partial charge >= 0.3 is 0 Å². The van der Waals surface area contributed by atoms with Crippen molar-refractivity contribution in [2.75, 3.05) is 18.9 Å². The summed E-state index contributed by atoms with van der Waals surface area (Å²) in [6.45, 7) is 1.61. The molecule has 1 aliphatic heterocycles. The van der Waals surface area contributed by atoms with Crippen LogP contribution in [-0.4, -0.2) is 30.9 Å². The topological polar surface area (TPSA) is 38.3 Å². The van der Waals surface area contributed by atoms with Crippen molar-refractivity contribution in [3.8, 4) is 0 Å². The van der Waals surface area contributed by atoms with Gasteiger partial charge in [-0.15, -0.1) is 11.8 Å². The van der Waals surface area contributed by atoms with Crippen molar-refractivity contribution >= 4 is 17.7 Å². The molecule has 4 heteroatoms. The summed E-state index contributed by atoms with van der Waals surface area (Å²) in [6, 6.07) is 7.90. The van der Waals surface area contributed by atoms with E-state index >= 15 is 0 Å². The van der Waals surface area contributed by atoms with Gasteiger partial charge in [0, 0.05) is 23.8 Å². The van der Waals surface area contributed by atoms with Gasteiger partial charge in [0.15, 0.2) is 0 Å². The molecule has 1 amide bonds. The molecule has 3 rings (SSSR count). The van der Waals surface area contributed by atoms with Gasteiger partial charge in [-0.2, -0.15) is 0 Å². The first-order valence-corrected chi connectivity index (χ1v) is 10.1. The molecule has 1 atom stereocenters. The van der Waals surface area contributed by atoms with Crippen molar-refractivity contribution < 1.29 is 9.53 Å². The first-order valence-electron chi connectivity index (χ1n) is 9.12. The smallest absolute Gasteiger partial charge is 0.252 e. The zero-order valence-corrected chi connectivity index (χ0v) is 15.1. The van der Waals surface area contributed by atoms with Gasteiger partial charge in [-0.05, 0) is 57.1 Å². The van der Waals surface area contributed by atoms with Crippen molar-refractivity contribution in [1.29, 1.82) is 0 Å². The maximum absolute atomic E-state index is 12.5. The minimum Gasteiger partial charge on any atom is -0.377 e. The Balaban J connectivity index is 1.50. The number of thioether (sulfide) groups is 1. The molecule has 0 bridgehead atoms. The van der Waals surface area contributed by atoms with Crippen LogP contribution in [0.4, 0.5) is 0 Å². The molecule has 3 nitrogen and oxygen atoms in total. The number of rotatable bonds is 7. The number of hydrogen-bond acceptors (Lipinski definition) is 3. The molecule has 0 saturated carbocycles. The fourth-order valence-electron chi connectivity index (χ4n) is 3.30. The largest absolute Gasteiger partial charge is 0.377 e. The lowest BCUT2D eigenvalue weighted by atomic mass is 9.97. The summed E-state index contributed by atoms with van der Waals surface area (Å²) < 4.78 is 5.68. The minimum atomic E-state index is 0.0434. The number of carbonyl (C=O) groups is 1. The molecule has 1 saturated heterocycles. The number of nitrogens with one attached hydrogen (secondary N) is 1. The third kappa shape index (κ3) is 5.12. The van der Waals surface area contributed by atoms with Gasteiger partial charge in [-0.25, -0.2) is 0 Å². The first-order chi connectivity index (χ1) is 11.8. The summed E-state index contributed by atoms with van der Waals surface area (Å²) >= 11 is 1.74. The first kappa shape index (κ1) is 17.6. The van der Waals surface area contributed by atoms with Crippen LogP contribution in [0.2, 0.25) is 0 Å². The Kier molecular flexibility index (Phi) is 6.79. The standard InChI is InChI=1S/C20H27NO2S/c22-20(21-13-12-16-7-2-1-3-8-16)18-10-4-5-11-19(18)24-15-17-9-6-14-23-17/h4-5,7,10-11,17H,1-3,6,8-9,12-15H2,(H,21,22)/t17-/m1/s1. The number of hydrogen-bond donors (Lipinski definition) is 1. The Morgan fingerprint density at radius 3 is 2.96 bits per heavy atom. The van der Waals surface area contributed by atoms with Gasteiger partial charge in [-0.1, -0.05) is 23.8 Å². The highest BCUT2D eigenvalue weighted by Crippen LogP contribution is 2.27. The Bertz CT molecular complexity index is 579. The Morgan fingerprint density at radius 2 is 2.17 bits per heavy atom. The number of allylic oxidation sites excluding steroid dienone is 1. The predicted molar refractivity (Wildman–Crippen MR) is 99.6 cm³/mol. The van der Waals surface area contributed by atoms with Crippen molar-refractivity contribution in [2.24, 2.45) is 0 Å². The molecular weight excluding hydrogens is 318 g/mol. The fraction of sp³-hybridized carbons (Fsp3) is 0.550. The molecule has 1 fully saturated rings. The quantitative estimate of drug-likeness (QED) is 0.581. The van der Waals surface area contributed by atoms with E-state index in [1.165, 1.54) is 31.3 Å². The zero-order chi connectivity index (χ0) is 16.6. The molecule has 1 heterocycles. The van der Waals surface area contributed by atoms with Crippen LogP contribution in [0.3, 0.4) is 0 Å². The lowest BCUT2D eigenvalue weighted by molar-refractivity contribution is 0.0951. The second-order valence-corrected chi connectivity index (χ2v) is 7.62. The zero-order valence-electron chi connectivity index (χ0n) is 14.3. The third-order valence-electron chi connectivity index (χ3n) is 4.70. The number of ether oxygens (including phenoxy) is 1. The maximum Gasteiger partial charge on any atom is 0.252 e. The van der Waals surface area contributed by atoms with E-state index in [9.17, 15) is 4.79 Å². The van der Waals surface area contributed by atoms with E-state index < -0.39 is 0 Å². The second-order valence-electron chi connectivity index (χ2n) is 6.56. The van der Waals surface area contributed by atoms with Crippen LogP contribution >= 0.6 is 11.8 Å². The molecule has 0 spiro atoms. The summed E-state index contributed by atoms with van der Waals surface area (Å²) in [6.07, 6.45) is 11.0. The highest BCUT2D eigenvalue weighted by Gasteiger charge is 2.17. The molecule has 1 aromatic rings. The summed E-state index contributed by atoms with van der Waals surface area (Å²) in [5.41, 5.74) is 2.29. The van der Waals surface area contributed by atoms with Crippen molar-refractivity contribution in [1.82, 2.24) is 5.32 Å². The van der Waals surface area contributed by atoms with Gasteiger partial charge in [-0.3, -0.25) is 4.79 Å². The van der Waals surface area contributed by atoms with E-state index in [0.717, 1.165) is 48.6 Å². The van der Waals surface area contributed by atoms with Crippen molar-refractivity contribution in [3.05, 3.63) is 41.5 Å². The SMILES string of the molecule is O=C(NCCC1=CCCCC1)c1ccccc1SC[C@H]1CCCO1. The normalized spacial score (nSPS) is 20.7. The number of amides is 1. The summed E-state index contributed by atoms with van der Waals surface area (Å²) in [4.78, 5) is 13.6. The lowest BCUT2D eigenvalue weighted by Gasteiger charge is -2.14. The molecule has 1 aliphatic carbocycles. The van der Waals surface area contributed by atoms with Gasteiger partial charge < -0.3 is 10.1 Å². The Labute approximate surface area is 149 Å². The van der Waals surface area contributed by atoms with Crippen LogP contribution in [0.5, 0.6) is 0 Å². The molecule has 130 valence electrons. The van der Waals surface area contributed by atoms with Gasteiger partial charge in [0.05, 0.1) is 11.7 Å². The van der Waals surface area contributed by atoms with E-state index in [-0.39, 0.29) is 5.91 Å². The average molecular weight is 346 g/mol. The monoisotopic (exact) mass is 345 g/mol. The molecule has 0 unspecified atom stereocenters. The van der Waals surface area contributed by atoms with E-state index in [1.807, 2.05) is 24.3 Å². The van der Waals surface area contributed by atoms with Crippen LogP contribution < -0.4 is 5.32 Å². The summed E-state index contributed by atoms with van der Waals surface area (Å²) in [5, 5.41) is 3.09. The highest BCUT2D eigenvalue weighted by molar-refractivity contribution is 7.99. The average Bonchev–Trinajstić information content (AvgIpc) is 3.14. The van der Waals surface area contributed by atoms with Gasteiger partial charge in [0.2, 0.25) is 0 Å². The van der Waals surface area contributed by atoms with Crippen LogP contribution in [0, 0.1) is 0 Å². The molecule has 24 heavy (non-hydrogen) atoms. The molecule has 0 radical (unpaired) electrons. The van der Waals surface area contributed by atoms with E-state index in [4.69, 9.17) is 4.74 Å². The second kappa shape index (κ2) is 9.28. The Morgan fingerprint density at radius 1 is 1.25 bits per heavy atom. The molecule has 1 N–H and O–H groups in total. The van der Waals surface area contributed by atoms with Crippen molar-refractivity contribution in [2.45, 2.75) is 55.9 Å². The van der Waals surface area contributed by atoms with Crippen LogP contribution in [-0.2, 0) is 4.74 Å². The Hall–Kier alpha value is -1.26. The lowest BCUT2D eigenvalue weighted by Crippen LogP contribution is -2.25. The van der Waals surface area contributed by atoms with Crippen LogP contribution in [0.15, 0.2) is 40.8 Å². The molecule has 0 aromatic heterocycles. The minimum absolute atomic E-state index is 0.0434. The summed E-state index contributed by atoms with van der Waals surface area (Å²) in [5.74, 6) is 0.971. The van der Waals surface area contributed by atoms with E-state index in [0.29, 0.717) is 6.10 Å². The van der Waals surface area contributed by atoms with E-state index in [2.05, 4.69) is 11.4 Å². The van der Waals surface area contributed by atoms with Crippen LogP contribution in [0.1, 0.15) is 55.3 Å². The third-order valence-corrected chi connectivity index (χ3v) is 5.90.